The first kappa shape index (κ1) is 28.0. The van der Waals surface area contributed by atoms with E-state index in [1.165, 1.54) is 39.0 Å². The van der Waals surface area contributed by atoms with Crippen LogP contribution >= 0.6 is 15.9 Å². The number of esters is 2. The van der Waals surface area contributed by atoms with Gasteiger partial charge in [0.05, 0.1) is 24.3 Å². The molecule has 2 aromatic rings. The molecule has 0 amide bonds. The van der Waals surface area contributed by atoms with Crippen LogP contribution in [0, 0.1) is 0 Å². The number of hydrogen-bond donors (Lipinski definition) is 1. The van der Waals surface area contributed by atoms with Gasteiger partial charge in [-0.1, -0.05) is 44.4 Å². The van der Waals surface area contributed by atoms with Crippen LogP contribution in [0.2, 0.25) is 0 Å². The number of anilines is 2. The molecule has 0 unspecified atom stereocenters. The molecule has 0 saturated heterocycles. The van der Waals surface area contributed by atoms with Crippen molar-refractivity contribution in [2.75, 3.05) is 43.5 Å². The summed E-state index contributed by atoms with van der Waals surface area (Å²) in [5.74, 6) is -0.699. The second-order valence-corrected chi connectivity index (χ2v) is 10.0. The maximum Gasteiger partial charge on any atom is 0.338 e. The average Bonchev–Trinajstić information content (AvgIpc) is 2.89. The molecule has 0 bridgehead atoms. The Labute approximate surface area is 223 Å². The molecule has 0 radical (unpaired) electrons. The molecule has 2 N–H and O–H groups in total. The van der Waals surface area contributed by atoms with Gasteiger partial charge in [0, 0.05) is 29.7 Å². The van der Waals surface area contributed by atoms with Crippen molar-refractivity contribution in [3.8, 4) is 0 Å². The average molecular weight is 561 g/mol. The van der Waals surface area contributed by atoms with Gasteiger partial charge in [-0.2, -0.15) is 0 Å². The lowest BCUT2D eigenvalue weighted by atomic mass is 9.93. The summed E-state index contributed by atoms with van der Waals surface area (Å²) in [5, 5.41) is 0. The van der Waals surface area contributed by atoms with Crippen molar-refractivity contribution >= 4 is 39.2 Å². The highest BCUT2D eigenvalue weighted by Crippen LogP contribution is 2.30. The van der Waals surface area contributed by atoms with Gasteiger partial charge in [0.2, 0.25) is 0 Å². The number of rotatable bonds is 12. The van der Waals surface area contributed by atoms with Crippen LogP contribution in [0.15, 0.2) is 46.9 Å². The second kappa shape index (κ2) is 14.2. The largest absolute Gasteiger partial charge is 0.464 e. The molecule has 0 spiro atoms. The Kier molecular flexibility index (Phi) is 11.1. The highest BCUT2D eigenvalue weighted by Gasteiger charge is 2.22. The fraction of sp³-hybridized carbons (Fsp3) is 0.500. The number of para-hydroxylation sites is 1. The minimum Gasteiger partial charge on any atom is -0.464 e. The number of nitrogen functional groups attached to an aromatic ring is 1. The van der Waals surface area contributed by atoms with Crippen LogP contribution in [0.3, 0.4) is 0 Å². The van der Waals surface area contributed by atoms with Crippen LogP contribution in [0.4, 0.5) is 11.4 Å². The van der Waals surface area contributed by atoms with E-state index >= 15 is 0 Å². The Hall–Kier alpha value is -2.58. The summed E-state index contributed by atoms with van der Waals surface area (Å²) in [6, 6.07) is 13.9. The van der Waals surface area contributed by atoms with Gasteiger partial charge >= 0.3 is 11.9 Å². The number of carbonyl (C=O) groups excluding carboxylic acids is 2. The summed E-state index contributed by atoms with van der Waals surface area (Å²) in [6.07, 6.45) is 6.29. The summed E-state index contributed by atoms with van der Waals surface area (Å²) in [6.45, 7) is 6.68. The number of ether oxygens (including phenoxy) is 2. The Morgan fingerprint density at radius 1 is 1.03 bits per heavy atom. The molecule has 3 rings (SSSR count). The normalized spacial score (nSPS) is 14.0. The zero-order valence-electron chi connectivity index (χ0n) is 21.4. The van der Waals surface area contributed by atoms with Gasteiger partial charge in [-0.3, -0.25) is 9.69 Å². The van der Waals surface area contributed by atoms with Crippen LogP contribution < -0.4 is 10.6 Å². The SMILES string of the molecule is CCN(Cc1cc(C(=O)OCCN(CCOC(C)=O)c2ccccc2)cc(Br)c1N)C1CCCCC1. The van der Waals surface area contributed by atoms with Gasteiger partial charge in [-0.25, -0.2) is 4.79 Å². The van der Waals surface area contributed by atoms with E-state index in [0.29, 0.717) is 41.4 Å². The lowest BCUT2D eigenvalue weighted by Gasteiger charge is -2.34. The van der Waals surface area contributed by atoms with Gasteiger partial charge in [-0.05, 0) is 65.1 Å². The number of halogens is 1. The standard InChI is InChI=1S/C28H38BrN3O4/c1-3-31(24-10-6-4-7-11-24)20-23-18-22(19-26(29)27(23)30)28(34)36-17-15-32(14-16-35-21(2)33)25-12-8-5-9-13-25/h5,8-9,12-13,18-19,24H,3-4,6-7,10-11,14-17,20,30H2,1-2H3. The molecule has 1 aliphatic rings. The third-order valence-electron chi connectivity index (χ3n) is 6.70. The molecule has 0 aromatic heterocycles. The van der Waals surface area contributed by atoms with Crippen molar-refractivity contribution in [1.82, 2.24) is 4.90 Å². The van der Waals surface area contributed by atoms with Gasteiger partial charge in [-0.15, -0.1) is 0 Å². The van der Waals surface area contributed by atoms with Crippen molar-refractivity contribution in [1.29, 1.82) is 0 Å². The Morgan fingerprint density at radius 2 is 1.69 bits per heavy atom. The number of hydrogen-bond acceptors (Lipinski definition) is 7. The first-order valence-electron chi connectivity index (χ1n) is 12.8. The minimum atomic E-state index is -0.384. The van der Waals surface area contributed by atoms with Gasteiger partial charge < -0.3 is 20.1 Å². The third-order valence-corrected chi connectivity index (χ3v) is 7.36. The smallest absolute Gasteiger partial charge is 0.338 e. The van der Waals surface area contributed by atoms with Crippen LogP contribution in [0.25, 0.3) is 0 Å². The molecule has 196 valence electrons. The molecule has 0 atom stereocenters. The van der Waals surface area contributed by atoms with E-state index in [4.69, 9.17) is 15.2 Å². The fourth-order valence-corrected chi connectivity index (χ4v) is 5.23. The van der Waals surface area contributed by atoms with Gasteiger partial charge in [0.15, 0.2) is 0 Å². The van der Waals surface area contributed by atoms with Crippen molar-refractivity contribution < 1.29 is 19.1 Å². The summed E-state index contributed by atoms with van der Waals surface area (Å²) in [4.78, 5) is 28.6. The minimum absolute atomic E-state index is 0.203. The van der Waals surface area contributed by atoms with Crippen LogP contribution in [0.5, 0.6) is 0 Å². The molecule has 0 heterocycles. The maximum atomic E-state index is 13.0. The van der Waals surface area contributed by atoms with Gasteiger partial charge in [0.25, 0.3) is 0 Å². The molecule has 1 fully saturated rings. The highest BCUT2D eigenvalue weighted by molar-refractivity contribution is 9.10. The van der Waals surface area contributed by atoms with E-state index in [9.17, 15) is 9.59 Å². The maximum absolute atomic E-state index is 13.0. The fourth-order valence-electron chi connectivity index (χ4n) is 4.73. The predicted octanol–water partition coefficient (Wildman–Crippen LogP) is 5.41. The lowest BCUT2D eigenvalue weighted by molar-refractivity contribution is -0.140. The quantitative estimate of drug-likeness (QED) is 0.274. The summed E-state index contributed by atoms with van der Waals surface area (Å²) in [5.41, 5.74) is 9.45. The summed E-state index contributed by atoms with van der Waals surface area (Å²) >= 11 is 3.53. The van der Waals surface area contributed by atoms with Crippen LogP contribution in [-0.4, -0.2) is 55.7 Å². The molecule has 8 heteroatoms. The number of nitrogens with two attached hydrogens (primary N) is 1. The van der Waals surface area contributed by atoms with Crippen molar-refractivity contribution in [3.05, 3.63) is 58.1 Å². The van der Waals surface area contributed by atoms with E-state index in [-0.39, 0.29) is 25.2 Å². The van der Waals surface area contributed by atoms with E-state index in [1.54, 1.807) is 6.07 Å². The third kappa shape index (κ3) is 8.23. The van der Waals surface area contributed by atoms with E-state index in [0.717, 1.165) is 17.8 Å². The van der Waals surface area contributed by atoms with Crippen LogP contribution in [0.1, 0.15) is 61.9 Å². The molecule has 1 aliphatic carbocycles. The molecule has 0 aliphatic heterocycles. The molecule has 7 nitrogen and oxygen atoms in total. The Morgan fingerprint density at radius 3 is 2.33 bits per heavy atom. The van der Waals surface area contributed by atoms with Crippen molar-refractivity contribution in [2.24, 2.45) is 0 Å². The van der Waals surface area contributed by atoms with Crippen molar-refractivity contribution in [2.45, 2.75) is 58.5 Å². The summed E-state index contributed by atoms with van der Waals surface area (Å²) < 4.78 is 11.5. The van der Waals surface area contributed by atoms with Gasteiger partial charge in [0.1, 0.15) is 13.2 Å². The molecule has 2 aromatic carbocycles. The first-order valence-corrected chi connectivity index (χ1v) is 13.6. The molecule has 36 heavy (non-hydrogen) atoms. The first-order chi connectivity index (χ1) is 17.4. The van der Waals surface area contributed by atoms with E-state index < -0.39 is 0 Å². The Balaban J connectivity index is 1.63. The molecular formula is C28H38BrN3O4. The molecule has 1 saturated carbocycles. The number of carbonyl (C=O) groups is 2. The molecular weight excluding hydrogens is 522 g/mol. The second-order valence-electron chi connectivity index (χ2n) is 9.18. The zero-order valence-corrected chi connectivity index (χ0v) is 23.0. The topological polar surface area (TPSA) is 85.1 Å². The Bertz CT molecular complexity index is 996. The lowest BCUT2D eigenvalue weighted by Crippen LogP contribution is -2.36. The van der Waals surface area contributed by atoms with Crippen molar-refractivity contribution in [3.63, 3.8) is 0 Å². The number of benzene rings is 2. The summed E-state index contributed by atoms with van der Waals surface area (Å²) in [7, 11) is 0. The number of nitrogens with zero attached hydrogens (tertiary/aromatic N) is 2. The van der Waals surface area contributed by atoms with E-state index in [2.05, 4.69) is 27.8 Å². The predicted molar refractivity (Wildman–Crippen MR) is 147 cm³/mol. The highest BCUT2D eigenvalue weighted by atomic mass is 79.9. The zero-order chi connectivity index (χ0) is 25.9. The monoisotopic (exact) mass is 559 g/mol. The van der Waals surface area contributed by atoms with E-state index in [1.807, 2.05) is 41.3 Å². The van der Waals surface area contributed by atoms with Crippen LogP contribution in [-0.2, 0) is 20.8 Å².